The number of hydrogen-bond acceptors (Lipinski definition) is 4. The van der Waals surface area contributed by atoms with Crippen molar-refractivity contribution in [1.82, 2.24) is 4.98 Å². The molecule has 0 unspecified atom stereocenters. The van der Waals surface area contributed by atoms with Crippen LogP contribution in [0.5, 0.6) is 5.75 Å². The van der Waals surface area contributed by atoms with Crippen molar-refractivity contribution in [3.05, 3.63) is 52.4 Å². The molecular weight excluding hydrogens is 304 g/mol. The highest BCUT2D eigenvalue weighted by Gasteiger charge is 2.08. The molecule has 5 heteroatoms. The molecule has 3 rings (SSSR count). The predicted molar refractivity (Wildman–Crippen MR) is 88.8 cm³/mol. The number of thiazole rings is 1. The number of phenols is 1. The third-order valence-electron chi connectivity index (χ3n) is 3.31. The SMILES string of the molecule is Cc1cc(O)c(Cl)cc1-c1ccc(-c2csc(N)n2)cc1. The van der Waals surface area contributed by atoms with Gasteiger partial charge in [0.1, 0.15) is 5.75 Å². The summed E-state index contributed by atoms with van der Waals surface area (Å²) in [7, 11) is 0. The lowest BCUT2D eigenvalue weighted by atomic mass is 9.99. The van der Waals surface area contributed by atoms with Crippen LogP contribution in [0.15, 0.2) is 41.8 Å². The van der Waals surface area contributed by atoms with Gasteiger partial charge in [0.15, 0.2) is 5.13 Å². The quantitative estimate of drug-likeness (QED) is 0.718. The standard InChI is InChI=1S/C16H13ClN2OS/c1-9-6-15(20)13(17)7-12(9)10-2-4-11(5-3-10)14-8-21-16(18)19-14/h2-8,20H,1H3,(H2,18,19). The summed E-state index contributed by atoms with van der Waals surface area (Å²) in [5.41, 5.74) is 10.6. The van der Waals surface area contributed by atoms with E-state index >= 15 is 0 Å². The van der Waals surface area contributed by atoms with Crippen molar-refractivity contribution in [3.63, 3.8) is 0 Å². The first-order valence-corrected chi connectivity index (χ1v) is 7.61. The number of rotatable bonds is 2. The number of aryl methyl sites for hydroxylation is 1. The summed E-state index contributed by atoms with van der Waals surface area (Å²) in [6, 6.07) is 11.5. The van der Waals surface area contributed by atoms with Gasteiger partial charge < -0.3 is 10.8 Å². The van der Waals surface area contributed by atoms with Crippen LogP contribution in [-0.2, 0) is 0 Å². The number of anilines is 1. The predicted octanol–water partition coefficient (Wildman–Crippen LogP) is 4.73. The van der Waals surface area contributed by atoms with Gasteiger partial charge in [0, 0.05) is 10.9 Å². The first kappa shape index (κ1) is 13.9. The molecule has 3 N–H and O–H groups in total. The lowest BCUT2D eigenvalue weighted by Gasteiger charge is -2.09. The second kappa shape index (κ2) is 5.39. The Labute approximate surface area is 131 Å². The number of aromatic nitrogens is 1. The van der Waals surface area contributed by atoms with Crippen molar-refractivity contribution >= 4 is 28.1 Å². The average Bonchev–Trinajstić information content (AvgIpc) is 2.90. The number of aromatic hydroxyl groups is 1. The Morgan fingerprint density at radius 3 is 2.43 bits per heavy atom. The Balaban J connectivity index is 2.00. The molecule has 0 saturated carbocycles. The fraction of sp³-hybridized carbons (Fsp3) is 0.0625. The molecular formula is C16H13ClN2OS. The molecule has 0 aliphatic carbocycles. The van der Waals surface area contributed by atoms with Crippen LogP contribution < -0.4 is 5.73 Å². The first-order valence-electron chi connectivity index (χ1n) is 6.35. The van der Waals surface area contributed by atoms with Gasteiger partial charge in [-0.25, -0.2) is 4.98 Å². The minimum absolute atomic E-state index is 0.104. The summed E-state index contributed by atoms with van der Waals surface area (Å²) < 4.78 is 0. The van der Waals surface area contributed by atoms with Crippen LogP contribution in [-0.4, -0.2) is 10.1 Å². The zero-order valence-corrected chi connectivity index (χ0v) is 12.9. The molecule has 0 spiro atoms. The Morgan fingerprint density at radius 1 is 1.14 bits per heavy atom. The molecule has 0 aliphatic heterocycles. The molecule has 3 aromatic rings. The number of hydrogen-bond donors (Lipinski definition) is 2. The topological polar surface area (TPSA) is 59.1 Å². The molecule has 1 aromatic heterocycles. The number of benzene rings is 2. The molecule has 1 heterocycles. The van der Waals surface area contributed by atoms with E-state index in [1.165, 1.54) is 11.3 Å². The van der Waals surface area contributed by atoms with E-state index in [9.17, 15) is 5.11 Å². The van der Waals surface area contributed by atoms with Crippen molar-refractivity contribution < 1.29 is 5.11 Å². The monoisotopic (exact) mass is 316 g/mol. The van der Waals surface area contributed by atoms with E-state index in [2.05, 4.69) is 4.98 Å². The molecule has 0 fully saturated rings. The largest absolute Gasteiger partial charge is 0.506 e. The highest BCUT2D eigenvalue weighted by Crippen LogP contribution is 2.33. The third-order valence-corrected chi connectivity index (χ3v) is 4.28. The van der Waals surface area contributed by atoms with E-state index in [1.54, 1.807) is 12.1 Å². The van der Waals surface area contributed by atoms with Gasteiger partial charge in [0.2, 0.25) is 0 Å². The maximum atomic E-state index is 9.62. The summed E-state index contributed by atoms with van der Waals surface area (Å²) >= 11 is 7.42. The van der Waals surface area contributed by atoms with E-state index in [4.69, 9.17) is 17.3 Å². The Kier molecular flexibility index (Phi) is 3.57. The molecule has 0 atom stereocenters. The molecule has 0 amide bonds. The van der Waals surface area contributed by atoms with Crippen LogP contribution in [0.1, 0.15) is 5.56 Å². The lowest BCUT2D eigenvalue weighted by Crippen LogP contribution is -1.86. The molecule has 0 saturated heterocycles. The van der Waals surface area contributed by atoms with Gasteiger partial charge in [-0.05, 0) is 35.7 Å². The van der Waals surface area contributed by atoms with Crippen molar-refractivity contribution in [2.24, 2.45) is 0 Å². The average molecular weight is 317 g/mol. The minimum Gasteiger partial charge on any atom is -0.506 e. The van der Waals surface area contributed by atoms with E-state index < -0.39 is 0 Å². The summed E-state index contributed by atoms with van der Waals surface area (Å²) in [4.78, 5) is 4.27. The van der Waals surface area contributed by atoms with E-state index in [0.717, 1.165) is 27.9 Å². The smallest absolute Gasteiger partial charge is 0.180 e. The summed E-state index contributed by atoms with van der Waals surface area (Å²) in [5, 5.41) is 12.5. The summed E-state index contributed by atoms with van der Waals surface area (Å²) in [6.07, 6.45) is 0. The minimum atomic E-state index is 0.104. The normalized spacial score (nSPS) is 10.8. The van der Waals surface area contributed by atoms with Crippen LogP contribution in [0.25, 0.3) is 22.4 Å². The van der Waals surface area contributed by atoms with E-state index in [1.807, 2.05) is 36.6 Å². The van der Waals surface area contributed by atoms with Crippen LogP contribution in [0.3, 0.4) is 0 Å². The highest BCUT2D eigenvalue weighted by molar-refractivity contribution is 7.13. The van der Waals surface area contributed by atoms with Gasteiger partial charge in [-0.3, -0.25) is 0 Å². The molecule has 0 radical (unpaired) electrons. The number of nitrogen functional groups attached to an aromatic ring is 1. The van der Waals surface area contributed by atoms with Gasteiger partial charge in [-0.15, -0.1) is 11.3 Å². The number of halogens is 1. The van der Waals surface area contributed by atoms with Crippen molar-refractivity contribution in [3.8, 4) is 28.1 Å². The Hall–Kier alpha value is -2.04. The third kappa shape index (κ3) is 2.73. The van der Waals surface area contributed by atoms with E-state index in [-0.39, 0.29) is 5.75 Å². The highest BCUT2D eigenvalue weighted by atomic mass is 35.5. The van der Waals surface area contributed by atoms with Gasteiger partial charge in [-0.1, -0.05) is 35.9 Å². The molecule has 21 heavy (non-hydrogen) atoms. The van der Waals surface area contributed by atoms with Crippen LogP contribution in [0, 0.1) is 6.92 Å². The van der Waals surface area contributed by atoms with Gasteiger partial charge in [-0.2, -0.15) is 0 Å². The van der Waals surface area contributed by atoms with Crippen LogP contribution in [0.4, 0.5) is 5.13 Å². The Bertz CT molecular complexity index is 797. The molecule has 106 valence electrons. The number of phenolic OH excluding ortho intramolecular Hbond substituents is 1. The van der Waals surface area contributed by atoms with Crippen LogP contribution in [0.2, 0.25) is 5.02 Å². The zero-order valence-electron chi connectivity index (χ0n) is 11.3. The second-order valence-corrected chi connectivity index (χ2v) is 6.06. The van der Waals surface area contributed by atoms with Crippen molar-refractivity contribution in [1.29, 1.82) is 0 Å². The van der Waals surface area contributed by atoms with Gasteiger partial charge in [0.05, 0.1) is 10.7 Å². The number of nitrogens with two attached hydrogens (primary N) is 1. The molecule has 3 nitrogen and oxygen atoms in total. The summed E-state index contributed by atoms with van der Waals surface area (Å²) in [5.74, 6) is 0.104. The fourth-order valence-corrected chi connectivity index (χ4v) is 2.95. The van der Waals surface area contributed by atoms with E-state index in [0.29, 0.717) is 10.2 Å². The zero-order chi connectivity index (χ0) is 15.0. The second-order valence-electron chi connectivity index (χ2n) is 4.77. The van der Waals surface area contributed by atoms with Gasteiger partial charge >= 0.3 is 0 Å². The lowest BCUT2D eigenvalue weighted by molar-refractivity contribution is 0.475. The van der Waals surface area contributed by atoms with Crippen molar-refractivity contribution in [2.45, 2.75) is 6.92 Å². The maximum Gasteiger partial charge on any atom is 0.180 e. The molecule has 0 bridgehead atoms. The maximum absolute atomic E-state index is 9.62. The van der Waals surface area contributed by atoms with Gasteiger partial charge in [0.25, 0.3) is 0 Å². The molecule has 2 aromatic carbocycles. The Morgan fingerprint density at radius 2 is 1.81 bits per heavy atom. The first-order chi connectivity index (χ1) is 10.0. The fourth-order valence-electron chi connectivity index (χ4n) is 2.22. The van der Waals surface area contributed by atoms with Crippen LogP contribution >= 0.6 is 22.9 Å². The molecule has 0 aliphatic rings. The number of nitrogens with zero attached hydrogens (tertiary/aromatic N) is 1. The summed E-state index contributed by atoms with van der Waals surface area (Å²) in [6.45, 7) is 1.94. The van der Waals surface area contributed by atoms with Crippen molar-refractivity contribution in [2.75, 3.05) is 5.73 Å².